The van der Waals surface area contributed by atoms with Crippen LogP contribution in [0, 0.1) is 0 Å². The van der Waals surface area contributed by atoms with E-state index in [9.17, 15) is 59.1 Å². The number of aromatic hydroxyl groups is 2. The summed E-state index contributed by atoms with van der Waals surface area (Å²) in [6, 6.07) is 37.0. The first kappa shape index (κ1) is 102. The lowest BCUT2D eigenvalue weighted by Gasteiger charge is -2.30. The summed E-state index contributed by atoms with van der Waals surface area (Å²) in [5, 5.41) is 49.0. The monoisotopic (exact) mass is 1650 g/mol. The first-order valence-electron chi connectivity index (χ1n) is 38.4. The van der Waals surface area contributed by atoms with Crippen molar-refractivity contribution in [2.45, 2.75) is 136 Å². The van der Waals surface area contributed by atoms with Gasteiger partial charge in [0.1, 0.15) is 52.6 Å². The number of carbonyl (C=O) groups excluding carboxylic acids is 7. The van der Waals surface area contributed by atoms with E-state index in [-0.39, 0.29) is 99.0 Å². The molecule has 0 aromatic heterocycles. The van der Waals surface area contributed by atoms with Crippen LogP contribution >= 0.6 is 0 Å². The van der Waals surface area contributed by atoms with E-state index in [1.54, 1.807) is 163 Å². The number of carbonyl (C=O) groups is 7. The Morgan fingerprint density at radius 1 is 0.442 bits per heavy atom. The van der Waals surface area contributed by atoms with Crippen LogP contribution in [-0.2, 0) is 92.5 Å². The van der Waals surface area contributed by atoms with E-state index >= 15 is 0 Å². The molecule has 120 heavy (non-hydrogen) atoms. The van der Waals surface area contributed by atoms with Gasteiger partial charge in [0.2, 0.25) is 0 Å². The average molecular weight is 1650 g/mol. The van der Waals surface area contributed by atoms with Crippen LogP contribution in [0.3, 0.4) is 0 Å². The number of phenolic OH excluding ortho intramolecular Hbond substituents is 2. The summed E-state index contributed by atoms with van der Waals surface area (Å²) in [6.07, 6.45) is 20.8. The van der Waals surface area contributed by atoms with Crippen molar-refractivity contribution in [2.24, 2.45) is 0 Å². The Bertz CT molecular complexity index is 4450. The molecule has 24 heteroatoms. The molecule has 5 N–H and O–H groups in total. The predicted octanol–water partition coefficient (Wildman–Crippen LogP) is 16.3. The summed E-state index contributed by atoms with van der Waals surface area (Å²) in [6.45, 7) is 30.0. The van der Waals surface area contributed by atoms with Gasteiger partial charge >= 0.3 is 5.97 Å². The zero-order chi connectivity index (χ0) is 88.9. The summed E-state index contributed by atoms with van der Waals surface area (Å²) in [5.41, 5.74) is 10.2. The molecule has 0 fully saturated rings. The summed E-state index contributed by atoms with van der Waals surface area (Å²) >= 11 is 0. The van der Waals surface area contributed by atoms with Crippen molar-refractivity contribution in [3.05, 3.63) is 293 Å². The smallest absolute Gasteiger partial charge is 0.338 e. The number of aliphatic hydroxyl groups excluding tert-OH is 3. The molecular weight excluding hydrogens is 1540 g/mol. The van der Waals surface area contributed by atoms with Crippen molar-refractivity contribution in [3.8, 4) is 40.2 Å². The van der Waals surface area contributed by atoms with Gasteiger partial charge in [-0.1, -0.05) is 127 Å². The molecule has 1 unspecified atom stereocenters. The van der Waals surface area contributed by atoms with Crippen molar-refractivity contribution in [1.29, 1.82) is 0 Å². The molecule has 2 heterocycles. The van der Waals surface area contributed by atoms with Crippen LogP contribution in [0.25, 0.3) is 12.2 Å². The van der Waals surface area contributed by atoms with Crippen molar-refractivity contribution < 1.29 is 116 Å². The Kier molecular flexibility index (Phi) is 49.6. The SMILES string of the molecule is C=CC[C@H](O)Cc1c(/C=C/C(C)=O)cccc1OCOC.C=CC[C@H](O)Cc1c(O)cccc1/C=C/C(C)=O.C=CC[C@H]1Cc2c(OCOC)cccc2C(=O)O1.C=CC[C@H]1Cc2c(OCOC)cccc2C(O)O1.C=CCc1c(O)cccc1C(C)=O.C=CCc1c(OCOC)cccc1C(C)=O.COCOc1cccc(C(C)=O)c1CC=O. The van der Waals surface area contributed by atoms with E-state index in [0.29, 0.717) is 126 Å². The van der Waals surface area contributed by atoms with E-state index in [1.165, 1.54) is 47.0 Å². The Hall–Kier alpha value is -11.8. The molecule has 2 aliphatic rings. The largest absolute Gasteiger partial charge is 0.508 e. The fraction of sp³-hybridized carbons (Fsp3) is 0.323. The molecule has 9 rings (SSSR count). The Morgan fingerprint density at radius 3 is 1.26 bits per heavy atom. The molecule has 0 amide bonds. The zero-order valence-electron chi connectivity index (χ0n) is 70.4. The number of fused-ring (bicyclic) bond motifs is 2. The Labute approximate surface area is 704 Å². The second-order valence-electron chi connectivity index (χ2n) is 26.7. The number of aldehydes is 1. The maximum Gasteiger partial charge on any atom is 0.338 e. The number of ketones is 5. The number of Topliss-reactive ketones (excluding diaryl/α,β-unsaturated/α-hetero) is 3. The zero-order valence-corrected chi connectivity index (χ0v) is 70.4. The first-order valence-corrected chi connectivity index (χ1v) is 38.4. The van der Waals surface area contributed by atoms with Crippen LogP contribution in [-0.4, -0.2) is 161 Å². The lowest BCUT2D eigenvalue weighted by molar-refractivity contribution is -0.148. The summed E-state index contributed by atoms with van der Waals surface area (Å²) in [5.74, 6) is 3.06. The summed E-state index contributed by atoms with van der Waals surface area (Å²) in [7, 11) is 7.75. The van der Waals surface area contributed by atoms with Gasteiger partial charge in [0.25, 0.3) is 0 Å². The molecule has 0 spiro atoms. The molecule has 2 aliphatic heterocycles. The molecule has 0 bridgehead atoms. The number of methoxy groups -OCH3 is 5. The molecule has 0 aliphatic carbocycles. The van der Waals surface area contributed by atoms with Gasteiger partial charge in [0, 0.05) is 135 Å². The van der Waals surface area contributed by atoms with Crippen molar-refractivity contribution in [2.75, 3.05) is 69.5 Å². The van der Waals surface area contributed by atoms with Gasteiger partial charge in [0.05, 0.1) is 23.9 Å². The van der Waals surface area contributed by atoms with E-state index in [1.807, 2.05) is 48.5 Å². The summed E-state index contributed by atoms with van der Waals surface area (Å²) in [4.78, 5) is 78.4. The number of aliphatic hydroxyl groups is 3. The maximum atomic E-state index is 11.9. The first-order chi connectivity index (χ1) is 57.7. The number of hydrogen-bond acceptors (Lipinski definition) is 24. The molecule has 7 aromatic rings. The van der Waals surface area contributed by atoms with Gasteiger partial charge in [-0.3, -0.25) is 24.0 Å². The van der Waals surface area contributed by atoms with Crippen LogP contribution in [0.15, 0.2) is 215 Å². The fourth-order valence-corrected chi connectivity index (χ4v) is 12.0. The van der Waals surface area contributed by atoms with Crippen LogP contribution in [0.1, 0.15) is 164 Å². The standard InChI is InChI=1S/C17H22O4.C15H18O3.C14H18O4.C14H16O4.C13H16O3.C12H14O4.C11H12O2/c1-4-6-15(19)11-16-14(10-9-13(2)18)7-5-8-17(16)21-12-20-3;1-3-5-13(17)10-14-12(9-8-11(2)16)6-4-7-15(14)18;2*1-3-5-10-8-12-11(14(15)18-10)6-4-7-13(12)17-9-16-2;1-4-6-12-11(10(2)14)7-5-8-13(12)16-9-15-3;1-9(14)10-4-3-5-12(16-8-15-2)11(10)6-7-13;1-3-5-10-9(8(2)12)6-4-7-11(10)13/h4-5,7-10,15,19H,1,6,11-12H2,2-3H3;3-4,6-9,13,17-18H,1,5,10H2,2H3;3-4,6-7,10,14-15H,1,5,8-9H2,2H3;3-4,6-7,10H,1,5,8-9H2,2H3;4-5,7-8H,1,6,9H2,2-3H3;3-5,7H,6,8H2,1-2H3;3-4,6-7,13H,1,5H2,2H3/b10-9+;9-8+;;;;;/t15-;13-;10-,14?;10-;;;/m0000.../s1. The van der Waals surface area contributed by atoms with Crippen LogP contribution in [0.2, 0.25) is 0 Å². The van der Waals surface area contributed by atoms with Crippen molar-refractivity contribution in [1.82, 2.24) is 0 Å². The highest BCUT2D eigenvalue weighted by Crippen LogP contribution is 2.37. The third kappa shape index (κ3) is 35.8. The minimum absolute atomic E-state index is 0.0275. The number of phenols is 2. The van der Waals surface area contributed by atoms with Gasteiger partial charge in [0.15, 0.2) is 69.2 Å². The molecule has 644 valence electrons. The van der Waals surface area contributed by atoms with E-state index in [0.717, 1.165) is 51.0 Å². The minimum Gasteiger partial charge on any atom is -0.508 e. The molecule has 5 atom stereocenters. The number of cyclic esters (lactones) is 1. The minimum atomic E-state index is -0.898. The molecule has 0 radical (unpaired) electrons. The van der Waals surface area contributed by atoms with Crippen LogP contribution < -0.4 is 23.7 Å². The van der Waals surface area contributed by atoms with E-state index in [2.05, 4.69) is 39.5 Å². The van der Waals surface area contributed by atoms with Gasteiger partial charge < -0.3 is 87.2 Å². The third-order valence-electron chi connectivity index (χ3n) is 17.4. The number of allylic oxidation sites excluding steroid dienone is 4. The third-order valence-corrected chi connectivity index (χ3v) is 17.4. The van der Waals surface area contributed by atoms with E-state index < -0.39 is 18.5 Å². The highest BCUT2D eigenvalue weighted by Gasteiger charge is 2.30. The van der Waals surface area contributed by atoms with Crippen molar-refractivity contribution in [3.63, 3.8) is 0 Å². The number of rotatable bonds is 40. The second kappa shape index (κ2) is 58.1. The molecular formula is C96H116O24. The van der Waals surface area contributed by atoms with Gasteiger partial charge in [-0.25, -0.2) is 4.79 Å². The second-order valence-corrected chi connectivity index (χ2v) is 26.7. The Morgan fingerprint density at radius 2 is 0.808 bits per heavy atom. The van der Waals surface area contributed by atoms with Gasteiger partial charge in [-0.05, 0) is 139 Å². The quantitative estimate of drug-likeness (QED) is 0.00595. The topological polar surface area (TPSA) is 331 Å². The number of benzene rings is 7. The molecule has 0 saturated carbocycles. The highest BCUT2D eigenvalue weighted by molar-refractivity contribution is 5.98. The number of hydrogen-bond donors (Lipinski definition) is 5. The Balaban J connectivity index is 0.000000363. The molecule has 0 saturated heterocycles. The van der Waals surface area contributed by atoms with Crippen LogP contribution in [0.4, 0.5) is 0 Å². The normalized spacial score (nSPS) is 13.7. The van der Waals surface area contributed by atoms with E-state index in [4.69, 9.17) is 56.8 Å². The maximum absolute atomic E-state index is 11.9. The van der Waals surface area contributed by atoms with Crippen molar-refractivity contribution >= 4 is 53.3 Å². The average Bonchev–Trinajstić information content (AvgIpc) is 0.796. The molecule has 24 nitrogen and oxygen atoms in total. The lowest BCUT2D eigenvalue weighted by Crippen LogP contribution is -2.27. The highest BCUT2D eigenvalue weighted by atomic mass is 16.7. The molecule has 7 aromatic carbocycles. The van der Waals surface area contributed by atoms with Gasteiger partial charge in [-0.15, -0.1) is 39.5 Å². The van der Waals surface area contributed by atoms with Gasteiger partial charge in [-0.2, -0.15) is 0 Å². The predicted molar refractivity (Wildman–Crippen MR) is 463 cm³/mol. The fourth-order valence-electron chi connectivity index (χ4n) is 12.0. The lowest BCUT2D eigenvalue weighted by atomic mass is 9.95. The number of ether oxygens (including phenoxy) is 12. The summed E-state index contributed by atoms with van der Waals surface area (Å²) < 4.78 is 62.4. The number of esters is 1. The van der Waals surface area contributed by atoms with Crippen LogP contribution in [0.5, 0.6) is 40.2 Å².